The van der Waals surface area contributed by atoms with Crippen LogP contribution in [0, 0.1) is 22.7 Å². The second-order valence-electron chi connectivity index (χ2n) is 5.47. The van der Waals surface area contributed by atoms with Crippen molar-refractivity contribution in [3.05, 3.63) is 0 Å². The number of aliphatic hydroxyl groups excluding tert-OH is 1. The average Bonchev–Trinajstić information content (AvgIpc) is 2.22. The van der Waals surface area contributed by atoms with E-state index in [1.165, 1.54) is 0 Å². The fourth-order valence-corrected chi connectivity index (χ4v) is 1.36. The molecule has 16 heavy (non-hydrogen) atoms. The van der Waals surface area contributed by atoms with Crippen molar-refractivity contribution in [2.24, 2.45) is 11.3 Å². The van der Waals surface area contributed by atoms with E-state index in [2.05, 4.69) is 11.4 Å². The zero-order valence-electron chi connectivity index (χ0n) is 11.1. The molecule has 0 saturated heterocycles. The molecule has 3 nitrogen and oxygen atoms in total. The standard InChI is InChI=1S/C13H26N2O/c1-11(2)12(16)9-15-8-6-5-7-13(3,4)10-14/h11-12,15-16H,5-9H2,1-4H3. The molecule has 3 heteroatoms. The van der Waals surface area contributed by atoms with Crippen LogP contribution < -0.4 is 5.32 Å². The van der Waals surface area contributed by atoms with Gasteiger partial charge in [0.25, 0.3) is 0 Å². The van der Waals surface area contributed by atoms with Gasteiger partial charge in [0.15, 0.2) is 0 Å². The maximum atomic E-state index is 9.54. The van der Waals surface area contributed by atoms with Gasteiger partial charge in [-0.1, -0.05) is 20.3 Å². The van der Waals surface area contributed by atoms with Crippen molar-refractivity contribution in [2.75, 3.05) is 13.1 Å². The average molecular weight is 226 g/mol. The summed E-state index contributed by atoms with van der Waals surface area (Å²) in [4.78, 5) is 0. The van der Waals surface area contributed by atoms with Crippen LogP contribution >= 0.6 is 0 Å². The largest absolute Gasteiger partial charge is 0.392 e. The lowest BCUT2D eigenvalue weighted by atomic mass is 9.89. The van der Waals surface area contributed by atoms with Gasteiger partial charge in [0.1, 0.15) is 0 Å². The van der Waals surface area contributed by atoms with Crippen molar-refractivity contribution < 1.29 is 5.11 Å². The Kier molecular flexibility index (Phi) is 7.36. The summed E-state index contributed by atoms with van der Waals surface area (Å²) >= 11 is 0. The highest BCUT2D eigenvalue weighted by Gasteiger charge is 2.15. The molecule has 0 radical (unpaired) electrons. The van der Waals surface area contributed by atoms with E-state index in [0.717, 1.165) is 25.8 Å². The number of nitrogens with zero attached hydrogens (tertiary/aromatic N) is 1. The van der Waals surface area contributed by atoms with Gasteiger partial charge in [-0.25, -0.2) is 0 Å². The number of hydrogen-bond acceptors (Lipinski definition) is 3. The van der Waals surface area contributed by atoms with Crippen molar-refractivity contribution in [1.82, 2.24) is 5.32 Å². The van der Waals surface area contributed by atoms with Crippen LogP contribution in [-0.4, -0.2) is 24.3 Å². The molecule has 0 spiro atoms. The normalized spacial score (nSPS) is 13.8. The minimum atomic E-state index is -0.254. The molecular weight excluding hydrogens is 200 g/mol. The van der Waals surface area contributed by atoms with E-state index in [1.54, 1.807) is 0 Å². The first-order valence-electron chi connectivity index (χ1n) is 6.19. The third-order valence-electron chi connectivity index (χ3n) is 2.83. The third-order valence-corrected chi connectivity index (χ3v) is 2.83. The van der Waals surface area contributed by atoms with E-state index in [-0.39, 0.29) is 11.5 Å². The predicted molar refractivity (Wildman–Crippen MR) is 67.0 cm³/mol. The summed E-state index contributed by atoms with van der Waals surface area (Å²) in [6.07, 6.45) is 2.81. The molecular formula is C13H26N2O. The monoisotopic (exact) mass is 226 g/mol. The minimum absolute atomic E-state index is 0.197. The fourth-order valence-electron chi connectivity index (χ4n) is 1.36. The van der Waals surface area contributed by atoms with E-state index in [1.807, 2.05) is 27.7 Å². The second-order valence-corrected chi connectivity index (χ2v) is 5.47. The zero-order valence-corrected chi connectivity index (χ0v) is 11.1. The van der Waals surface area contributed by atoms with E-state index in [0.29, 0.717) is 12.5 Å². The van der Waals surface area contributed by atoms with Gasteiger partial charge >= 0.3 is 0 Å². The van der Waals surface area contributed by atoms with Crippen LogP contribution in [-0.2, 0) is 0 Å². The summed E-state index contributed by atoms with van der Waals surface area (Å²) in [5, 5.41) is 21.6. The van der Waals surface area contributed by atoms with Gasteiger partial charge in [0, 0.05) is 6.54 Å². The first-order valence-corrected chi connectivity index (χ1v) is 6.19. The van der Waals surface area contributed by atoms with E-state index in [9.17, 15) is 5.11 Å². The lowest BCUT2D eigenvalue weighted by Gasteiger charge is -2.16. The Bertz CT molecular complexity index is 218. The van der Waals surface area contributed by atoms with E-state index < -0.39 is 0 Å². The van der Waals surface area contributed by atoms with Crippen LogP contribution in [0.5, 0.6) is 0 Å². The minimum Gasteiger partial charge on any atom is -0.392 e. The van der Waals surface area contributed by atoms with Crippen LogP contribution in [0.2, 0.25) is 0 Å². The van der Waals surface area contributed by atoms with Crippen molar-refractivity contribution in [2.45, 2.75) is 53.1 Å². The van der Waals surface area contributed by atoms with E-state index >= 15 is 0 Å². The van der Waals surface area contributed by atoms with Gasteiger partial charge in [0.05, 0.1) is 17.6 Å². The topological polar surface area (TPSA) is 56.0 Å². The molecule has 0 rings (SSSR count). The Labute approximate surface area is 99.9 Å². The molecule has 0 aliphatic rings. The highest BCUT2D eigenvalue weighted by atomic mass is 16.3. The maximum absolute atomic E-state index is 9.54. The van der Waals surface area contributed by atoms with Gasteiger partial charge in [-0.3, -0.25) is 0 Å². The molecule has 1 atom stereocenters. The Morgan fingerprint density at radius 2 is 1.94 bits per heavy atom. The third kappa shape index (κ3) is 7.67. The molecule has 0 bridgehead atoms. The summed E-state index contributed by atoms with van der Waals surface area (Å²) in [5.74, 6) is 0.310. The first-order chi connectivity index (χ1) is 7.39. The molecule has 0 saturated carbocycles. The van der Waals surface area contributed by atoms with Crippen molar-refractivity contribution >= 4 is 0 Å². The number of nitriles is 1. The molecule has 2 N–H and O–H groups in total. The molecule has 0 aliphatic carbocycles. The summed E-state index contributed by atoms with van der Waals surface area (Å²) < 4.78 is 0. The molecule has 0 aromatic rings. The Morgan fingerprint density at radius 1 is 1.31 bits per heavy atom. The Morgan fingerprint density at radius 3 is 2.44 bits per heavy atom. The van der Waals surface area contributed by atoms with Gasteiger partial charge < -0.3 is 10.4 Å². The van der Waals surface area contributed by atoms with Crippen molar-refractivity contribution in [3.8, 4) is 6.07 Å². The number of rotatable bonds is 8. The van der Waals surface area contributed by atoms with Gasteiger partial charge in [-0.2, -0.15) is 5.26 Å². The molecule has 1 unspecified atom stereocenters. The molecule has 94 valence electrons. The predicted octanol–water partition coefficient (Wildman–Crippen LogP) is 2.31. The molecule has 0 aromatic carbocycles. The lowest BCUT2D eigenvalue weighted by Crippen LogP contribution is -2.31. The fraction of sp³-hybridized carbons (Fsp3) is 0.923. The SMILES string of the molecule is CC(C)C(O)CNCCCCC(C)(C)C#N. The van der Waals surface area contributed by atoms with Crippen LogP contribution in [0.15, 0.2) is 0 Å². The molecule has 0 heterocycles. The summed E-state index contributed by atoms with van der Waals surface area (Å²) in [6.45, 7) is 9.57. The van der Waals surface area contributed by atoms with Crippen molar-refractivity contribution in [1.29, 1.82) is 5.26 Å². The van der Waals surface area contributed by atoms with Gasteiger partial charge in [-0.15, -0.1) is 0 Å². The number of nitrogens with one attached hydrogen (secondary N) is 1. The molecule has 0 amide bonds. The Hall–Kier alpha value is -0.590. The Balaban J connectivity index is 3.39. The van der Waals surface area contributed by atoms with Gasteiger partial charge in [0.2, 0.25) is 0 Å². The molecule has 0 fully saturated rings. The summed E-state index contributed by atoms with van der Waals surface area (Å²) in [6, 6.07) is 2.30. The summed E-state index contributed by atoms with van der Waals surface area (Å²) in [5.41, 5.74) is -0.197. The number of aliphatic hydroxyl groups is 1. The highest BCUT2D eigenvalue weighted by molar-refractivity contribution is 4.91. The van der Waals surface area contributed by atoms with Crippen molar-refractivity contribution in [3.63, 3.8) is 0 Å². The van der Waals surface area contributed by atoms with Crippen LogP contribution in [0.4, 0.5) is 0 Å². The summed E-state index contributed by atoms with van der Waals surface area (Å²) in [7, 11) is 0. The second kappa shape index (κ2) is 7.65. The smallest absolute Gasteiger partial charge is 0.0687 e. The highest BCUT2D eigenvalue weighted by Crippen LogP contribution is 2.21. The number of unbranched alkanes of at least 4 members (excludes halogenated alkanes) is 1. The van der Waals surface area contributed by atoms with Crippen LogP contribution in [0.3, 0.4) is 0 Å². The maximum Gasteiger partial charge on any atom is 0.0687 e. The molecule has 0 aliphatic heterocycles. The van der Waals surface area contributed by atoms with Crippen LogP contribution in [0.25, 0.3) is 0 Å². The quantitative estimate of drug-likeness (QED) is 0.624. The van der Waals surface area contributed by atoms with E-state index in [4.69, 9.17) is 5.26 Å². The van der Waals surface area contributed by atoms with Crippen LogP contribution in [0.1, 0.15) is 47.0 Å². The van der Waals surface area contributed by atoms with Gasteiger partial charge in [-0.05, 0) is 39.2 Å². The zero-order chi connectivity index (χ0) is 12.6. The lowest BCUT2D eigenvalue weighted by molar-refractivity contribution is 0.123. The number of hydrogen-bond donors (Lipinski definition) is 2. The first kappa shape index (κ1) is 15.4. The molecule has 0 aromatic heterocycles.